The molecule has 2 saturated heterocycles. The molecule has 0 spiro atoms. The third-order valence-electron chi connectivity index (χ3n) is 4.69. The summed E-state index contributed by atoms with van der Waals surface area (Å²) >= 11 is 0. The normalized spacial score (nSPS) is 29.2. The average Bonchev–Trinajstić information content (AvgIpc) is 2.83. The molecule has 1 aromatic rings. The average molecular weight is 262 g/mol. The zero-order valence-corrected chi connectivity index (χ0v) is 11.6. The Morgan fingerprint density at radius 1 is 1.16 bits per heavy atom. The van der Waals surface area contributed by atoms with Crippen LogP contribution in [0.5, 0.6) is 0 Å². The minimum atomic E-state index is -0.157. The third kappa shape index (κ3) is 2.82. The van der Waals surface area contributed by atoms with Gasteiger partial charge in [-0.05, 0) is 50.4 Å². The van der Waals surface area contributed by atoms with Crippen LogP contribution in [0.15, 0.2) is 24.3 Å². The summed E-state index contributed by atoms with van der Waals surface area (Å²) in [5.74, 6) is -0.157. The molecule has 104 valence electrons. The van der Waals surface area contributed by atoms with Crippen molar-refractivity contribution in [2.75, 3.05) is 13.1 Å². The molecule has 0 aromatic heterocycles. The SMILES string of the molecule is C[C@H](NC1CCN2CCCCC12)c1ccc(F)cc1. The molecular formula is C16H23FN2. The van der Waals surface area contributed by atoms with Crippen LogP contribution < -0.4 is 5.32 Å². The summed E-state index contributed by atoms with van der Waals surface area (Å²) in [4.78, 5) is 2.64. The van der Waals surface area contributed by atoms with Crippen molar-refractivity contribution >= 4 is 0 Å². The second-order valence-electron chi connectivity index (χ2n) is 5.93. The van der Waals surface area contributed by atoms with Gasteiger partial charge in [0, 0.05) is 24.7 Å². The van der Waals surface area contributed by atoms with E-state index in [1.807, 2.05) is 12.1 Å². The van der Waals surface area contributed by atoms with Gasteiger partial charge < -0.3 is 5.32 Å². The maximum absolute atomic E-state index is 12.9. The number of fused-ring (bicyclic) bond motifs is 1. The first-order chi connectivity index (χ1) is 9.24. The topological polar surface area (TPSA) is 15.3 Å². The van der Waals surface area contributed by atoms with Crippen LogP contribution in [0, 0.1) is 5.82 Å². The van der Waals surface area contributed by atoms with Gasteiger partial charge in [0.25, 0.3) is 0 Å². The molecule has 1 aromatic carbocycles. The summed E-state index contributed by atoms with van der Waals surface area (Å²) in [6, 6.07) is 8.50. The van der Waals surface area contributed by atoms with Gasteiger partial charge in [-0.2, -0.15) is 0 Å². The molecule has 3 heteroatoms. The van der Waals surface area contributed by atoms with E-state index in [9.17, 15) is 4.39 Å². The van der Waals surface area contributed by atoms with Crippen molar-refractivity contribution in [1.82, 2.24) is 10.2 Å². The molecule has 0 radical (unpaired) electrons. The Morgan fingerprint density at radius 2 is 1.95 bits per heavy atom. The Bertz CT molecular complexity index is 417. The number of nitrogens with zero attached hydrogens (tertiary/aromatic N) is 1. The fraction of sp³-hybridized carbons (Fsp3) is 0.625. The smallest absolute Gasteiger partial charge is 0.123 e. The van der Waals surface area contributed by atoms with E-state index in [0.29, 0.717) is 12.1 Å². The van der Waals surface area contributed by atoms with Crippen molar-refractivity contribution in [2.24, 2.45) is 0 Å². The number of rotatable bonds is 3. The second-order valence-corrected chi connectivity index (χ2v) is 5.93. The Kier molecular flexibility index (Phi) is 3.85. The molecule has 0 aliphatic carbocycles. The highest BCUT2D eigenvalue weighted by Crippen LogP contribution is 2.28. The lowest BCUT2D eigenvalue weighted by Gasteiger charge is -2.34. The van der Waals surface area contributed by atoms with Crippen LogP contribution in [-0.2, 0) is 0 Å². The van der Waals surface area contributed by atoms with E-state index in [1.54, 1.807) is 12.1 Å². The van der Waals surface area contributed by atoms with Crippen molar-refractivity contribution in [3.63, 3.8) is 0 Å². The van der Waals surface area contributed by atoms with Crippen molar-refractivity contribution in [3.8, 4) is 0 Å². The van der Waals surface area contributed by atoms with E-state index in [1.165, 1.54) is 44.3 Å². The maximum atomic E-state index is 12.9. The lowest BCUT2D eigenvalue weighted by molar-refractivity contribution is 0.177. The molecule has 2 unspecified atom stereocenters. The van der Waals surface area contributed by atoms with E-state index in [-0.39, 0.29) is 5.82 Å². The Balaban J connectivity index is 1.63. The van der Waals surface area contributed by atoms with Gasteiger partial charge in [-0.15, -0.1) is 0 Å². The van der Waals surface area contributed by atoms with Crippen molar-refractivity contribution in [1.29, 1.82) is 0 Å². The first kappa shape index (κ1) is 13.1. The van der Waals surface area contributed by atoms with E-state index in [2.05, 4.69) is 17.1 Å². The van der Waals surface area contributed by atoms with Crippen molar-refractivity contribution in [2.45, 2.75) is 50.7 Å². The van der Waals surface area contributed by atoms with Crippen LogP contribution in [0.1, 0.15) is 44.2 Å². The molecule has 19 heavy (non-hydrogen) atoms. The lowest BCUT2D eigenvalue weighted by atomic mass is 9.97. The van der Waals surface area contributed by atoms with Gasteiger partial charge in [-0.3, -0.25) is 4.90 Å². The second kappa shape index (κ2) is 5.59. The highest BCUT2D eigenvalue weighted by atomic mass is 19.1. The summed E-state index contributed by atoms with van der Waals surface area (Å²) in [6.45, 7) is 4.69. The molecule has 0 saturated carbocycles. The van der Waals surface area contributed by atoms with Crippen LogP contribution in [-0.4, -0.2) is 30.1 Å². The lowest BCUT2D eigenvalue weighted by Crippen LogP contribution is -2.45. The zero-order valence-electron chi connectivity index (χ0n) is 11.6. The van der Waals surface area contributed by atoms with Gasteiger partial charge in [0.2, 0.25) is 0 Å². The predicted molar refractivity (Wildman–Crippen MR) is 75.6 cm³/mol. The van der Waals surface area contributed by atoms with Gasteiger partial charge in [0.05, 0.1) is 0 Å². The molecule has 2 aliphatic rings. The largest absolute Gasteiger partial charge is 0.306 e. The molecule has 0 amide bonds. The molecular weight excluding hydrogens is 239 g/mol. The molecule has 0 bridgehead atoms. The minimum absolute atomic E-state index is 0.157. The standard InChI is InChI=1S/C16H23FN2/c1-12(13-5-7-14(17)8-6-13)18-15-9-11-19-10-3-2-4-16(15)19/h5-8,12,15-16,18H,2-4,9-11H2,1H3/t12-,15?,16?/m0/s1. The fourth-order valence-electron chi connectivity index (χ4n) is 3.61. The number of hydrogen-bond acceptors (Lipinski definition) is 2. The summed E-state index contributed by atoms with van der Waals surface area (Å²) in [7, 11) is 0. The molecule has 2 fully saturated rings. The Labute approximate surface area is 115 Å². The summed E-state index contributed by atoms with van der Waals surface area (Å²) in [5.41, 5.74) is 1.18. The quantitative estimate of drug-likeness (QED) is 0.900. The van der Waals surface area contributed by atoms with E-state index in [4.69, 9.17) is 0 Å². The summed E-state index contributed by atoms with van der Waals surface area (Å²) < 4.78 is 12.9. The van der Waals surface area contributed by atoms with Gasteiger partial charge >= 0.3 is 0 Å². The first-order valence-electron chi connectivity index (χ1n) is 7.49. The third-order valence-corrected chi connectivity index (χ3v) is 4.69. The van der Waals surface area contributed by atoms with Gasteiger partial charge in [0.15, 0.2) is 0 Å². The molecule has 2 nitrogen and oxygen atoms in total. The van der Waals surface area contributed by atoms with Crippen LogP contribution in [0.25, 0.3) is 0 Å². The zero-order chi connectivity index (χ0) is 13.2. The van der Waals surface area contributed by atoms with Crippen molar-refractivity contribution in [3.05, 3.63) is 35.6 Å². The van der Waals surface area contributed by atoms with E-state index >= 15 is 0 Å². The van der Waals surface area contributed by atoms with Crippen LogP contribution in [0.4, 0.5) is 4.39 Å². The highest BCUT2D eigenvalue weighted by Gasteiger charge is 2.35. The number of hydrogen-bond donors (Lipinski definition) is 1. The molecule has 1 N–H and O–H groups in total. The Hall–Kier alpha value is -0.930. The van der Waals surface area contributed by atoms with E-state index in [0.717, 1.165) is 6.04 Å². The summed E-state index contributed by atoms with van der Waals surface area (Å²) in [6.07, 6.45) is 5.30. The van der Waals surface area contributed by atoms with Crippen LogP contribution in [0.3, 0.4) is 0 Å². The van der Waals surface area contributed by atoms with Crippen LogP contribution >= 0.6 is 0 Å². The number of benzene rings is 1. The molecule has 2 heterocycles. The Morgan fingerprint density at radius 3 is 2.74 bits per heavy atom. The fourth-order valence-corrected chi connectivity index (χ4v) is 3.61. The highest BCUT2D eigenvalue weighted by molar-refractivity contribution is 5.19. The molecule has 3 atom stereocenters. The van der Waals surface area contributed by atoms with Crippen molar-refractivity contribution < 1.29 is 4.39 Å². The first-order valence-corrected chi connectivity index (χ1v) is 7.49. The molecule has 2 aliphatic heterocycles. The van der Waals surface area contributed by atoms with Gasteiger partial charge in [-0.1, -0.05) is 18.6 Å². The minimum Gasteiger partial charge on any atom is -0.306 e. The van der Waals surface area contributed by atoms with Crippen LogP contribution in [0.2, 0.25) is 0 Å². The maximum Gasteiger partial charge on any atom is 0.123 e. The number of halogens is 1. The van der Waals surface area contributed by atoms with E-state index < -0.39 is 0 Å². The van der Waals surface area contributed by atoms with Gasteiger partial charge in [0.1, 0.15) is 5.82 Å². The monoisotopic (exact) mass is 262 g/mol. The van der Waals surface area contributed by atoms with Gasteiger partial charge in [-0.25, -0.2) is 4.39 Å². The summed E-state index contributed by atoms with van der Waals surface area (Å²) in [5, 5.41) is 3.75. The number of nitrogens with one attached hydrogen (secondary N) is 1. The predicted octanol–water partition coefficient (Wildman–Crippen LogP) is 3.10. The number of piperidine rings is 1. The molecule has 3 rings (SSSR count).